The van der Waals surface area contributed by atoms with Crippen molar-refractivity contribution in [3.8, 4) is 0 Å². The summed E-state index contributed by atoms with van der Waals surface area (Å²) < 4.78 is 0. The molecule has 2 fully saturated rings. The Morgan fingerprint density at radius 3 is 2.46 bits per heavy atom. The molecular weight excluding hydrogens is 162 g/mol. The van der Waals surface area contributed by atoms with Crippen molar-refractivity contribution < 1.29 is 4.79 Å². The predicted octanol–water partition coefficient (Wildman–Crippen LogP) is 1.84. The molecular formula is C11H19NO. The van der Waals surface area contributed by atoms with Crippen LogP contribution in [0.4, 0.5) is 0 Å². The largest absolute Gasteiger partial charge is 0.302 e. The molecule has 0 amide bonds. The van der Waals surface area contributed by atoms with E-state index in [4.69, 9.17) is 0 Å². The molecule has 2 aliphatic rings. The molecule has 0 N–H and O–H groups in total. The van der Waals surface area contributed by atoms with Crippen molar-refractivity contribution >= 4 is 5.78 Å². The van der Waals surface area contributed by atoms with Crippen molar-refractivity contribution in [1.29, 1.82) is 0 Å². The summed E-state index contributed by atoms with van der Waals surface area (Å²) in [5.41, 5.74) is 0. The molecule has 0 radical (unpaired) electrons. The zero-order chi connectivity index (χ0) is 9.10. The SMILES string of the molecule is O=C1CCN(CCC2CCC2)CC1. The zero-order valence-corrected chi connectivity index (χ0v) is 8.30. The van der Waals surface area contributed by atoms with Crippen LogP contribution in [0.2, 0.25) is 0 Å². The van der Waals surface area contributed by atoms with Crippen molar-refractivity contribution in [2.75, 3.05) is 19.6 Å². The van der Waals surface area contributed by atoms with E-state index in [0.717, 1.165) is 31.8 Å². The van der Waals surface area contributed by atoms with Gasteiger partial charge in [0.2, 0.25) is 0 Å². The number of nitrogens with zero attached hydrogens (tertiary/aromatic N) is 1. The fraction of sp³-hybridized carbons (Fsp3) is 0.909. The van der Waals surface area contributed by atoms with Gasteiger partial charge in [-0.3, -0.25) is 4.79 Å². The summed E-state index contributed by atoms with van der Waals surface area (Å²) in [6.07, 6.45) is 7.31. The summed E-state index contributed by atoms with van der Waals surface area (Å²) in [4.78, 5) is 13.4. The summed E-state index contributed by atoms with van der Waals surface area (Å²) >= 11 is 0. The maximum absolute atomic E-state index is 11.0. The molecule has 0 aromatic rings. The second-order valence-corrected chi connectivity index (χ2v) is 4.47. The van der Waals surface area contributed by atoms with Gasteiger partial charge in [0.15, 0.2) is 0 Å². The number of rotatable bonds is 3. The molecule has 1 saturated carbocycles. The first kappa shape index (κ1) is 9.20. The Morgan fingerprint density at radius 1 is 1.23 bits per heavy atom. The molecule has 1 heterocycles. The molecule has 0 atom stereocenters. The van der Waals surface area contributed by atoms with E-state index in [9.17, 15) is 4.79 Å². The van der Waals surface area contributed by atoms with Gasteiger partial charge in [0.05, 0.1) is 0 Å². The fourth-order valence-corrected chi connectivity index (χ4v) is 2.17. The van der Waals surface area contributed by atoms with Crippen LogP contribution in [0.1, 0.15) is 38.5 Å². The van der Waals surface area contributed by atoms with Gasteiger partial charge in [-0.15, -0.1) is 0 Å². The number of hydrogen-bond acceptors (Lipinski definition) is 2. The van der Waals surface area contributed by atoms with Crippen LogP contribution in [-0.2, 0) is 4.79 Å². The summed E-state index contributed by atoms with van der Waals surface area (Å²) in [6, 6.07) is 0. The van der Waals surface area contributed by atoms with Gasteiger partial charge in [0.25, 0.3) is 0 Å². The van der Waals surface area contributed by atoms with Crippen LogP contribution in [-0.4, -0.2) is 30.3 Å². The van der Waals surface area contributed by atoms with Crippen LogP contribution in [0.3, 0.4) is 0 Å². The van der Waals surface area contributed by atoms with Crippen LogP contribution in [0.15, 0.2) is 0 Å². The third-order valence-corrected chi connectivity index (χ3v) is 3.49. The summed E-state index contributed by atoms with van der Waals surface area (Å²) in [5.74, 6) is 1.47. The molecule has 0 aromatic carbocycles. The first-order chi connectivity index (χ1) is 6.34. The first-order valence-electron chi connectivity index (χ1n) is 5.58. The van der Waals surface area contributed by atoms with E-state index >= 15 is 0 Å². The van der Waals surface area contributed by atoms with Crippen LogP contribution in [0, 0.1) is 5.92 Å². The standard InChI is InChI=1S/C11H19NO/c13-11-5-8-12(9-6-11)7-4-10-2-1-3-10/h10H,1-9H2. The number of likely N-dealkylation sites (tertiary alicyclic amines) is 1. The van der Waals surface area contributed by atoms with Gasteiger partial charge in [-0.25, -0.2) is 0 Å². The predicted molar refractivity (Wildman–Crippen MR) is 52.6 cm³/mol. The molecule has 0 aromatic heterocycles. The fourth-order valence-electron chi connectivity index (χ4n) is 2.17. The first-order valence-corrected chi connectivity index (χ1v) is 5.58. The average Bonchev–Trinajstić information content (AvgIpc) is 2.05. The Bertz CT molecular complexity index is 177. The number of carbonyl (C=O) groups is 1. The van der Waals surface area contributed by atoms with E-state index in [-0.39, 0.29) is 0 Å². The highest BCUT2D eigenvalue weighted by Crippen LogP contribution is 2.29. The van der Waals surface area contributed by atoms with E-state index in [1.165, 1.54) is 32.2 Å². The Morgan fingerprint density at radius 2 is 1.92 bits per heavy atom. The minimum absolute atomic E-state index is 0.458. The maximum Gasteiger partial charge on any atom is 0.135 e. The number of ketones is 1. The minimum atomic E-state index is 0.458. The van der Waals surface area contributed by atoms with Crippen LogP contribution >= 0.6 is 0 Å². The molecule has 1 aliphatic carbocycles. The topological polar surface area (TPSA) is 20.3 Å². The van der Waals surface area contributed by atoms with E-state index in [1.807, 2.05) is 0 Å². The summed E-state index contributed by atoms with van der Waals surface area (Å²) in [7, 11) is 0. The van der Waals surface area contributed by atoms with Gasteiger partial charge in [0, 0.05) is 25.9 Å². The highest BCUT2D eigenvalue weighted by molar-refractivity contribution is 5.79. The average molecular weight is 181 g/mol. The molecule has 2 nitrogen and oxygen atoms in total. The van der Waals surface area contributed by atoms with E-state index in [0.29, 0.717) is 5.78 Å². The molecule has 2 heteroatoms. The minimum Gasteiger partial charge on any atom is -0.302 e. The second-order valence-electron chi connectivity index (χ2n) is 4.47. The summed E-state index contributed by atoms with van der Waals surface area (Å²) in [5, 5.41) is 0. The lowest BCUT2D eigenvalue weighted by Gasteiger charge is -2.30. The van der Waals surface area contributed by atoms with Crippen molar-refractivity contribution in [3.63, 3.8) is 0 Å². The van der Waals surface area contributed by atoms with Crippen molar-refractivity contribution in [2.45, 2.75) is 38.5 Å². The number of hydrogen-bond donors (Lipinski definition) is 0. The highest BCUT2D eigenvalue weighted by atomic mass is 16.1. The third kappa shape index (κ3) is 2.53. The number of Topliss-reactive ketones (excluding diaryl/α,β-unsaturated/α-hetero) is 1. The molecule has 1 aliphatic heterocycles. The summed E-state index contributed by atoms with van der Waals surface area (Å²) in [6.45, 7) is 3.27. The Kier molecular flexibility index (Phi) is 2.99. The van der Waals surface area contributed by atoms with Gasteiger partial charge in [-0.1, -0.05) is 19.3 Å². The van der Waals surface area contributed by atoms with E-state index in [1.54, 1.807) is 0 Å². The molecule has 0 spiro atoms. The van der Waals surface area contributed by atoms with Gasteiger partial charge in [-0.2, -0.15) is 0 Å². The molecule has 2 rings (SSSR count). The molecule has 13 heavy (non-hydrogen) atoms. The van der Waals surface area contributed by atoms with Crippen LogP contribution < -0.4 is 0 Å². The maximum atomic E-state index is 11.0. The van der Waals surface area contributed by atoms with E-state index < -0.39 is 0 Å². The van der Waals surface area contributed by atoms with Crippen molar-refractivity contribution in [2.24, 2.45) is 5.92 Å². The van der Waals surface area contributed by atoms with Gasteiger partial charge in [0.1, 0.15) is 5.78 Å². The van der Waals surface area contributed by atoms with Crippen molar-refractivity contribution in [1.82, 2.24) is 4.90 Å². The lowest BCUT2D eigenvalue weighted by Crippen LogP contribution is -2.35. The lowest BCUT2D eigenvalue weighted by atomic mass is 9.83. The van der Waals surface area contributed by atoms with Crippen LogP contribution in [0.25, 0.3) is 0 Å². The zero-order valence-electron chi connectivity index (χ0n) is 8.30. The quantitative estimate of drug-likeness (QED) is 0.662. The molecule has 1 saturated heterocycles. The lowest BCUT2D eigenvalue weighted by molar-refractivity contribution is -0.121. The normalized spacial score (nSPS) is 26.0. The van der Waals surface area contributed by atoms with E-state index in [2.05, 4.69) is 4.90 Å². The van der Waals surface area contributed by atoms with Gasteiger partial charge < -0.3 is 4.90 Å². The van der Waals surface area contributed by atoms with Crippen LogP contribution in [0.5, 0.6) is 0 Å². The Labute approximate surface area is 80.3 Å². The smallest absolute Gasteiger partial charge is 0.135 e. The Hall–Kier alpha value is -0.370. The number of piperidine rings is 1. The third-order valence-electron chi connectivity index (χ3n) is 3.49. The van der Waals surface area contributed by atoms with Gasteiger partial charge in [-0.05, 0) is 18.9 Å². The van der Waals surface area contributed by atoms with Crippen molar-refractivity contribution in [3.05, 3.63) is 0 Å². The van der Waals surface area contributed by atoms with Gasteiger partial charge >= 0.3 is 0 Å². The second kappa shape index (κ2) is 4.23. The molecule has 74 valence electrons. The number of carbonyl (C=O) groups excluding carboxylic acids is 1. The Balaban J connectivity index is 1.61. The highest BCUT2D eigenvalue weighted by Gasteiger charge is 2.20. The molecule has 0 unspecified atom stereocenters. The monoisotopic (exact) mass is 181 g/mol. The molecule has 0 bridgehead atoms.